The van der Waals surface area contributed by atoms with Crippen molar-refractivity contribution in [1.82, 2.24) is 15.1 Å². The van der Waals surface area contributed by atoms with Gasteiger partial charge in [0.25, 0.3) is 5.91 Å². The average molecular weight is 448 g/mol. The van der Waals surface area contributed by atoms with Crippen LogP contribution in [0.4, 0.5) is 11.4 Å². The van der Waals surface area contributed by atoms with Gasteiger partial charge in [0, 0.05) is 74.5 Å². The van der Waals surface area contributed by atoms with E-state index in [2.05, 4.69) is 63.6 Å². The van der Waals surface area contributed by atoms with Crippen molar-refractivity contribution in [2.45, 2.75) is 38.6 Å². The van der Waals surface area contributed by atoms with Crippen LogP contribution in [0.2, 0.25) is 0 Å². The average Bonchev–Trinajstić information content (AvgIpc) is 2.97. The minimum Gasteiger partial charge on any atom is -0.380 e. The largest absolute Gasteiger partial charge is 0.380 e. The van der Waals surface area contributed by atoms with Crippen molar-refractivity contribution in [3.05, 3.63) is 58.8 Å². The Bertz CT molecular complexity index is 978. The van der Waals surface area contributed by atoms with Gasteiger partial charge in [0.15, 0.2) is 0 Å². The number of nitrogens with one attached hydrogen (secondary N) is 2. The molecule has 0 unspecified atom stereocenters. The zero-order valence-electron chi connectivity index (χ0n) is 20.1. The summed E-state index contributed by atoms with van der Waals surface area (Å²) < 4.78 is 0. The Kier molecular flexibility index (Phi) is 6.56. The van der Waals surface area contributed by atoms with Gasteiger partial charge in [-0.1, -0.05) is 18.2 Å². The van der Waals surface area contributed by atoms with Crippen LogP contribution in [0.5, 0.6) is 0 Å². The van der Waals surface area contributed by atoms with E-state index in [0.717, 1.165) is 54.5 Å². The van der Waals surface area contributed by atoms with Gasteiger partial charge in [-0.3, -0.25) is 9.69 Å². The summed E-state index contributed by atoms with van der Waals surface area (Å²) in [5, 5.41) is 6.61. The maximum absolute atomic E-state index is 12.6. The molecule has 3 heterocycles. The molecule has 0 radical (unpaired) electrons. The van der Waals surface area contributed by atoms with Gasteiger partial charge in [-0.15, -0.1) is 0 Å². The van der Waals surface area contributed by atoms with E-state index in [0.29, 0.717) is 6.54 Å². The van der Waals surface area contributed by atoms with Crippen molar-refractivity contribution in [1.29, 1.82) is 0 Å². The molecule has 0 saturated carbocycles. The second kappa shape index (κ2) is 9.74. The number of likely N-dealkylation sites (N-methyl/N-ethyl adjacent to an activating group) is 1. The summed E-state index contributed by atoms with van der Waals surface area (Å²) in [6, 6.07) is 7.45. The summed E-state index contributed by atoms with van der Waals surface area (Å²) in [5.74, 6) is 0.0406. The third-order valence-corrected chi connectivity index (χ3v) is 7.73. The number of nitrogens with zero attached hydrogens (tertiary/aromatic N) is 3. The van der Waals surface area contributed by atoms with E-state index in [1.54, 1.807) is 0 Å². The van der Waals surface area contributed by atoms with Gasteiger partial charge in [0.1, 0.15) is 0 Å². The van der Waals surface area contributed by atoms with Crippen LogP contribution in [-0.2, 0) is 4.79 Å². The standard InChI is InChI=1S/C27H37N5O/c1-20-8-9-22(31-12-10-21(11-13-31)32-16-14-30(2)15-17-32)18-26(20)28-19-24-23-6-4-3-5-7-25(23)29-27(24)33/h3,5,7-9,18,21,28H,4,6,10-17,19H2,1-2H3,(H,29,33). The van der Waals surface area contributed by atoms with Gasteiger partial charge in [-0.05, 0) is 69.0 Å². The lowest BCUT2D eigenvalue weighted by molar-refractivity contribution is -0.116. The minimum atomic E-state index is 0.0406. The highest BCUT2D eigenvalue weighted by Crippen LogP contribution is 2.30. The second-order valence-electron chi connectivity index (χ2n) is 9.87. The molecule has 1 aromatic rings. The molecule has 5 rings (SSSR count). The Balaban J connectivity index is 1.22. The van der Waals surface area contributed by atoms with Crippen molar-refractivity contribution in [3.63, 3.8) is 0 Å². The monoisotopic (exact) mass is 447 g/mol. The van der Waals surface area contributed by atoms with Crippen molar-refractivity contribution in [2.24, 2.45) is 0 Å². The number of benzene rings is 1. The van der Waals surface area contributed by atoms with E-state index >= 15 is 0 Å². The number of hydrogen-bond acceptors (Lipinski definition) is 5. The molecule has 2 fully saturated rings. The van der Waals surface area contributed by atoms with Gasteiger partial charge in [0.05, 0.1) is 0 Å². The molecule has 2 N–H and O–H groups in total. The fourth-order valence-electron chi connectivity index (χ4n) is 5.53. The van der Waals surface area contributed by atoms with Crippen LogP contribution >= 0.6 is 0 Å². The maximum atomic E-state index is 12.6. The first-order valence-corrected chi connectivity index (χ1v) is 12.5. The van der Waals surface area contributed by atoms with E-state index in [9.17, 15) is 4.79 Å². The molecule has 4 aliphatic rings. The molecule has 1 aromatic carbocycles. The smallest absolute Gasteiger partial charge is 0.253 e. The Morgan fingerprint density at radius 2 is 1.88 bits per heavy atom. The third kappa shape index (κ3) is 4.87. The molecule has 1 aliphatic carbocycles. The van der Waals surface area contributed by atoms with E-state index < -0.39 is 0 Å². The molecular weight excluding hydrogens is 410 g/mol. The molecule has 0 atom stereocenters. The lowest BCUT2D eigenvalue weighted by atomic mass is 10.0. The summed E-state index contributed by atoms with van der Waals surface area (Å²) in [6.07, 6.45) is 10.6. The Morgan fingerprint density at radius 1 is 1.09 bits per heavy atom. The van der Waals surface area contributed by atoms with Crippen LogP contribution in [-0.4, -0.2) is 74.6 Å². The van der Waals surface area contributed by atoms with Crippen molar-refractivity contribution in [3.8, 4) is 0 Å². The van der Waals surface area contributed by atoms with Gasteiger partial charge in [0.2, 0.25) is 0 Å². The number of allylic oxidation sites excluding steroid dienone is 4. The first-order chi connectivity index (χ1) is 16.1. The van der Waals surface area contributed by atoms with Crippen molar-refractivity contribution in [2.75, 3.05) is 63.1 Å². The van der Waals surface area contributed by atoms with Gasteiger partial charge < -0.3 is 20.4 Å². The zero-order chi connectivity index (χ0) is 22.8. The summed E-state index contributed by atoms with van der Waals surface area (Å²) in [4.78, 5) is 20.2. The molecule has 33 heavy (non-hydrogen) atoms. The molecule has 0 spiro atoms. The zero-order valence-corrected chi connectivity index (χ0v) is 20.1. The number of fused-ring (bicyclic) bond motifs is 1. The van der Waals surface area contributed by atoms with E-state index in [1.807, 2.05) is 12.2 Å². The highest BCUT2D eigenvalue weighted by Gasteiger charge is 2.28. The SMILES string of the molecule is Cc1ccc(N2CCC(N3CCN(C)CC3)CC2)cc1NCC1=C2CCC=CC=C2NC1=O. The van der Waals surface area contributed by atoms with E-state index in [4.69, 9.17) is 0 Å². The lowest BCUT2D eigenvalue weighted by Gasteiger charge is -2.42. The topological polar surface area (TPSA) is 50.9 Å². The van der Waals surface area contributed by atoms with E-state index in [1.165, 1.54) is 50.3 Å². The number of piperazine rings is 1. The number of hydrogen-bond donors (Lipinski definition) is 2. The number of aryl methyl sites for hydroxylation is 1. The van der Waals surface area contributed by atoms with Crippen LogP contribution in [0.1, 0.15) is 31.2 Å². The molecule has 2 saturated heterocycles. The maximum Gasteiger partial charge on any atom is 0.253 e. The summed E-state index contributed by atoms with van der Waals surface area (Å²) in [5.41, 5.74) is 6.64. The van der Waals surface area contributed by atoms with Crippen LogP contribution < -0.4 is 15.5 Å². The van der Waals surface area contributed by atoms with Crippen LogP contribution in [0.15, 0.2) is 53.3 Å². The Hall–Kier alpha value is -2.57. The molecule has 6 heteroatoms. The van der Waals surface area contributed by atoms with Crippen LogP contribution in [0.25, 0.3) is 0 Å². The van der Waals surface area contributed by atoms with Crippen molar-refractivity contribution < 1.29 is 4.79 Å². The third-order valence-electron chi connectivity index (χ3n) is 7.73. The number of rotatable bonds is 5. The Labute approximate surface area is 198 Å². The molecule has 0 bridgehead atoms. The lowest BCUT2D eigenvalue weighted by Crippen LogP contribution is -2.52. The van der Waals surface area contributed by atoms with Gasteiger partial charge in [-0.25, -0.2) is 0 Å². The van der Waals surface area contributed by atoms with Crippen LogP contribution in [0.3, 0.4) is 0 Å². The predicted octanol–water partition coefficient (Wildman–Crippen LogP) is 3.28. The molecule has 3 aliphatic heterocycles. The number of carbonyl (C=O) groups is 1. The van der Waals surface area contributed by atoms with E-state index in [-0.39, 0.29) is 5.91 Å². The molecule has 0 aromatic heterocycles. The highest BCUT2D eigenvalue weighted by molar-refractivity contribution is 6.01. The number of piperidine rings is 1. The Morgan fingerprint density at radius 3 is 2.67 bits per heavy atom. The summed E-state index contributed by atoms with van der Waals surface area (Å²) >= 11 is 0. The van der Waals surface area contributed by atoms with Crippen molar-refractivity contribution >= 4 is 17.3 Å². The number of carbonyl (C=O) groups excluding carboxylic acids is 1. The number of anilines is 2. The first-order valence-electron chi connectivity index (χ1n) is 12.5. The fraction of sp³-hybridized carbons (Fsp3) is 0.519. The van der Waals surface area contributed by atoms with Gasteiger partial charge >= 0.3 is 0 Å². The normalized spacial score (nSPS) is 22.8. The summed E-state index contributed by atoms with van der Waals surface area (Å²) in [6.45, 7) is 9.72. The van der Waals surface area contributed by atoms with Gasteiger partial charge in [-0.2, -0.15) is 0 Å². The number of amides is 1. The van der Waals surface area contributed by atoms with Crippen LogP contribution in [0, 0.1) is 6.92 Å². The molecular formula is C27H37N5O. The molecule has 1 amide bonds. The first kappa shape index (κ1) is 22.2. The fourth-order valence-corrected chi connectivity index (χ4v) is 5.53. The quantitative estimate of drug-likeness (QED) is 0.726. The molecule has 6 nitrogen and oxygen atoms in total. The minimum absolute atomic E-state index is 0.0406. The second-order valence-corrected chi connectivity index (χ2v) is 9.87. The highest BCUT2D eigenvalue weighted by atomic mass is 16.2. The predicted molar refractivity (Wildman–Crippen MR) is 136 cm³/mol. The summed E-state index contributed by atoms with van der Waals surface area (Å²) in [7, 11) is 2.22. The molecule has 176 valence electrons.